The zero-order valence-corrected chi connectivity index (χ0v) is 10.9. The van der Waals surface area contributed by atoms with Crippen LogP contribution in [0.5, 0.6) is 0 Å². The van der Waals surface area contributed by atoms with Crippen LogP contribution in [0, 0.1) is 0 Å². The molecule has 0 radical (unpaired) electrons. The van der Waals surface area contributed by atoms with Crippen molar-refractivity contribution in [3.05, 3.63) is 29.8 Å². The summed E-state index contributed by atoms with van der Waals surface area (Å²) in [5.41, 5.74) is 6.76. The summed E-state index contributed by atoms with van der Waals surface area (Å²) < 4.78 is 0. The highest BCUT2D eigenvalue weighted by Crippen LogP contribution is 2.18. The monoisotopic (exact) mass is 247 g/mol. The molecule has 3 N–H and O–H groups in total. The Morgan fingerprint density at radius 2 is 1.94 bits per heavy atom. The number of hydrogen-bond donors (Lipinski definition) is 2. The lowest BCUT2D eigenvalue weighted by Gasteiger charge is -2.33. The maximum absolute atomic E-state index is 11.3. The van der Waals surface area contributed by atoms with Gasteiger partial charge >= 0.3 is 0 Å². The van der Waals surface area contributed by atoms with E-state index in [0.29, 0.717) is 5.56 Å². The summed E-state index contributed by atoms with van der Waals surface area (Å²) in [5, 5.41) is 3.39. The molecule has 1 aliphatic heterocycles. The minimum absolute atomic E-state index is 0.228. The van der Waals surface area contributed by atoms with Crippen LogP contribution in [-0.4, -0.2) is 30.1 Å². The number of piperidine rings is 1. The van der Waals surface area contributed by atoms with Crippen LogP contribution in [-0.2, 0) is 0 Å². The van der Waals surface area contributed by atoms with E-state index in [2.05, 4.69) is 17.1 Å². The highest BCUT2D eigenvalue weighted by atomic mass is 16.1. The van der Waals surface area contributed by atoms with Gasteiger partial charge in [-0.1, -0.05) is 18.6 Å². The number of primary amides is 1. The van der Waals surface area contributed by atoms with Gasteiger partial charge in [-0.05, 0) is 31.9 Å². The lowest BCUT2D eigenvalue weighted by molar-refractivity contribution is 0.100. The summed E-state index contributed by atoms with van der Waals surface area (Å²) in [6.07, 6.45) is 4.06. The maximum Gasteiger partial charge on any atom is 0.250 e. The summed E-state index contributed by atoms with van der Waals surface area (Å²) in [6, 6.07) is 7.41. The molecule has 4 nitrogen and oxygen atoms in total. The molecule has 0 spiro atoms. The number of nitrogens with one attached hydrogen (secondary N) is 1. The van der Waals surface area contributed by atoms with Crippen molar-refractivity contribution in [1.29, 1.82) is 0 Å². The largest absolute Gasteiger partial charge is 0.369 e. The molecule has 0 aromatic heterocycles. The summed E-state index contributed by atoms with van der Waals surface area (Å²) in [5.74, 6) is -0.385. The number of nitrogens with zero attached hydrogens (tertiary/aromatic N) is 1. The van der Waals surface area contributed by atoms with Gasteiger partial charge in [-0.3, -0.25) is 9.69 Å². The van der Waals surface area contributed by atoms with Crippen LogP contribution >= 0.6 is 0 Å². The standard InChI is InChI=1S/C14H21N3O/c1-11(17-9-5-2-6-10-17)16-13-8-4-3-7-12(13)14(15)18/h3-4,7-8,11,16H,2,5-6,9-10H2,1H3,(H2,15,18). The third-order valence-corrected chi connectivity index (χ3v) is 3.50. The number of anilines is 1. The first-order valence-corrected chi connectivity index (χ1v) is 6.58. The summed E-state index contributed by atoms with van der Waals surface area (Å²) >= 11 is 0. The topological polar surface area (TPSA) is 58.4 Å². The van der Waals surface area contributed by atoms with Crippen molar-refractivity contribution in [1.82, 2.24) is 4.90 Å². The van der Waals surface area contributed by atoms with E-state index in [-0.39, 0.29) is 12.1 Å². The molecule has 1 unspecified atom stereocenters. The Hall–Kier alpha value is -1.55. The first kappa shape index (κ1) is 12.9. The molecule has 1 aromatic carbocycles. The van der Waals surface area contributed by atoms with Gasteiger partial charge in [0.25, 0.3) is 5.91 Å². The number of rotatable bonds is 4. The van der Waals surface area contributed by atoms with Crippen molar-refractivity contribution in [2.45, 2.75) is 32.4 Å². The molecule has 1 amide bonds. The molecule has 4 heteroatoms. The number of carbonyl (C=O) groups excluding carboxylic acids is 1. The van der Waals surface area contributed by atoms with Gasteiger partial charge in [0.2, 0.25) is 0 Å². The molecule has 1 aromatic rings. The summed E-state index contributed by atoms with van der Waals surface area (Å²) in [4.78, 5) is 13.8. The second-order valence-electron chi connectivity index (χ2n) is 4.83. The Labute approximate surface area is 108 Å². The Morgan fingerprint density at radius 3 is 2.61 bits per heavy atom. The second kappa shape index (κ2) is 5.87. The summed E-state index contributed by atoms with van der Waals surface area (Å²) in [7, 11) is 0. The van der Waals surface area contributed by atoms with E-state index in [1.807, 2.05) is 18.2 Å². The average Bonchev–Trinajstić information content (AvgIpc) is 2.40. The number of hydrogen-bond acceptors (Lipinski definition) is 3. The predicted molar refractivity (Wildman–Crippen MR) is 73.5 cm³/mol. The molecule has 0 saturated carbocycles. The number of benzene rings is 1. The van der Waals surface area contributed by atoms with E-state index in [1.54, 1.807) is 6.07 Å². The van der Waals surface area contributed by atoms with E-state index in [0.717, 1.165) is 18.8 Å². The minimum Gasteiger partial charge on any atom is -0.369 e. The van der Waals surface area contributed by atoms with Gasteiger partial charge in [0, 0.05) is 18.8 Å². The highest BCUT2D eigenvalue weighted by molar-refractivity contribution is 5.98. The van der Waals surface area contributed by atoms with Gasteiger partial charge in [-0.25, -0.2) is 0 Å². The highest BCUT2D eigenvalue weighted by Gasteiger charge is 2.17. The van der Waals surface area contributed by atoms with Crippen molar-refractivity contribution in [2.75, 3.05) is 18.4 Å². The van der Waals surface area contributed by atoms with Crippen LogP contribution in [0.15, 0.2) is 24.3 Å². The van der Waals surface area contributed by atoms with E-state index < -0.39 is 0 Å². The van der Waals surface area contributed by atoms with Gasteiger partial charge in [0.15, 0.2) is 0 Å². The van der Waals surface area contributed by atoms with Gasteiger partial charge in [0.05, 0.1) is 11.7 Å². The van der Waals surface area contributed by atoms with E-state index >= 15 is 0 Å². The van der Waals surface area contributed by atoms with Crippen molar-refractivity contribution in [3.8, 4) is 0 Å². The van der Waals surface area contributed by atoms with E-state index in [1.165, 1.54) is 19.3 Å². The molecular weight excluding hydrogens is 226 g/mol. The van der Waals surface area contributed by atoms with Crippen LogP contribution in [0.3, 0.4) is 0 Å². The Kier molecular flexibility index (Phi) is 4.20. The Morgan fingerprint density at radius 1 is 1.28 bits per heavy atom. The number of amides is 1. The third-order valence-electron chi connectivity index (χ3n) is 3.50. The lowest BCUT2D eigenvalue weighted by Crippen LogP contribution is -2.42. The summed E-state index contributed by atoms with van der Waals surface area (Å²) in [6.45, 7) is 4.36. The van der Waals surface area contributed by atoms with E-state index in [4.69, 9.17) is 5.73 Å². The molecule has 1 atom stereocenters. The van der Waals surface area contributed by atoms with Gasteiger partial charge in [-0.15, -0.1) is 0 Å². The first-order chi connectivity index (χ1) is 8.68. The Balaban J connectivity index is 2.06. The predicted octanol–water partition coefficient (Wildman–Crippen LogP) is 2.03. The van der Waals surface area contributed by atoms with Crippen molar-refractivity contribution in [2.24, 2.45) is 5.73 Å². The fourth-order valence-electron chi connectivity index (χ4n) is 2.45. The number of nitrogens with two attached hydrogens (primary N) is 1. The molecule has 1 aliphatic rings. The third kappa shape index (κ3) is 3.01. The molecule has 18 heavy (non-hydrogen) atoms. The molecule has 1 heterocycles. The van der Waals surface area contributed by atoms with Gasteiger partial charge in [-0.2, -0.15) is 0 Å². The normalized spacial score (nSPS) is 18.3. The molecule has 2 rings (SSSR count). The number of likely N-dealkylation sites (tertiary alicyclic amines) is 1. The molecule has 1 fully saturated rings. The maximum atomic E-state index is 11.3. The van der Waals surface area contributed by atoms with Crippen molar-refractivity contribution >= 4 is 11.6 Å². The number of carbonyl (C=O) groups is 1. The van der Waals surface area contributed by atoms with Crippen LogP contribution in [0.1, 0.15) is 36.5 Å². The molecule has 98 valence electrons. The zero-order valence-electron chi connectivity index (χ0n) is 10.9. The van der Waals surface area contributed by atoms with E-state index in [9.17, 15) is 4.79 Å². The molecule has 0 bridgehead atoms. The quantitative estimate of drug-likeness (QED) is 0.856. The van der Waals surface area contributed by atoms with Gasteiger partial charge < -0.3 is 11.1 Å². The van der Waals surface area contributed by atoms with Crippen LogP contribution in [0.2, 0.25) is 0 Å². The SMILES string of the molecule is CC(Nc1ccccc1C(N)=O)N1CCCCC1. The zero-order chi connectivity index (χ0) is 13.0. The Bertz CT molecular complexity index is 413. The average molecular weight is 247 g/mol. The van der Waals surface area contributed by atoms with Crippen LogP contribution < -0.4 is 11.1 Å². The van der Waals surface area contributed by atoms with Crippen molar-refractivity contribution < 1.29 is 4.79 Å². The fourth-order valence-corrected chi connectivity index (χ4v) is 2.45. The fraction of sp³-hybridized carbons (Fsp3) is 0.500. The first-order valence-electron chi connectivity index (χ1n) is 6.58. The van der Waals surface area contributed by atoms with Gasteiger partial charge in [0.1, 0.15) is 0 Å². The van der Waals surface area contributed by atoms with Crippen LogP contribution in [0.4, 0.5) is 5.69 Å². The van der Waals surface area contributed by atoms with Crippen molar-refractivity contribution in [3.63, 3.8) is 0 Å². The second-order valence-corrected chi connectivity index (χ2v) is 4.83. The smallest absolute Gasteiger partial charge is 0.250 e. The molecule has 0 aliphatic carbocycles. The molecular formula is C14H21N3O. The number of para-hydroxylation sites is 1. The van der Waals surface area contributed by atoms with Crippen LogP contribution in [0.25, 0.3) is 0 Å². The minimum atomic E-state index is -0.385. The lowest BCUT2D eigenvalue weighted by atomic mass is 10.1. The molecule has 1 saturated heterocycles.